The Balaban J connectivity index is 1.91. The fraction of sp³-hybridized carbons (Fsp3) is 0.133. The average Bonchev–Trinajstić information content (AvgIpc) is 2.98. The van der Waals surface area contributed by atoms with Crippen molar-refractivity contribution in [2.45, 2.75) is 6.54 Å². The number of carbonyl (C=O) groups excluding carboxylic acids is 1. The molecule has 0 aliphatic rings. The van der Waals surface area contributed by atoms with Crippen LogP contribution in [0.4, 0.5) is 5.69 Å². The van der Waals surface area contributed by atoms with Crippen LogP contribution in [0.1, 0.15) is 16.1 Å². The maximum Gasteiger partial charge on any atom is 0.275 e. The summed E-state index contributed by atoms with van der Waals surface area (Å²) in [4.78, 5) is 28.5. The molecular weight excluding hydrogens is 298 g/mol. The number of rotatable bonds is 4. The van der Waals surface area contributed by atoms with E-state index in [4.69, 9.17) is 0 Å². The highest BCUT2D eigenvalue weighted by Gasteiger charge is 2.20. The van der Waals surface area contributed by atoms with Gasteiger partial charge in [-0.3, -0.25) is 25.0 Å². The standard InChI is InChI=1S/C15H13N5O3/c1-19(9-10-3-2-6-16-8-10)15(21)14-12-7-11(20(22)23)4-5-13(12)17-18-14/h2-8H,9H2,1H3,(H,17,18). The van der Waals surface area contributed by atoms with Crippen LogP contribution >= 0.6 is 0 Å². The number of non-ortho nitro benzene ring substituents is 1. The van der Waals surface area contributed by atoms with Gasteiger partial charge in [-0.05, 0) is 17.7 Å². The molecule has 3 aromatic rings. The van der Waals surface area contributed by atoms with Gasteiger partial charge in [0.1, 0.15) is 0 Å². The number of amides is 1. The van der Waals surface area contributed by atoms with Crippen molar-refractivity contribution in [2.24, 2.45) is 0 Å². The monoisotopic (exact) mass is 311 g/mol. The summed E-state index contributed by atoms with van der Waals surface area (Å²) in [5, 5.41) is 18.1. The van der Waals surface area contributed by atoms with Crippen molar-refractivity contribution < 1.29 is 9.72 Å². The average molecular weight is 311 g/mol. The summed E-state index contributed by atoms with van der Waals surface area (Å²) >= 11 is 0. The summed E-state index contributed by atoms with van der Waals surface area (Å²) in [5.41, 5.74) is 1.54. The number of hydrogen-bond donors (Lipinski definition) is 1. The molecule has 8 nitrogen and oxygen atoms in total. The molecule has 116 valence electrons. The molecule has 0 saturated carbocycles. The second-order valence-electron chi connectivity index (χ2n) is 5.08. The van der Waals surface area contributed by atoms with Crippen molar-refractivity contribution in [1.82, 2.24) is 20.1 Å². The minimum absolute atomic E-state index is 0.0807. The number of nitro benzene ring substituents is 1. The summed E-state index contributed by atoms with van der Waals surface area (Å²) in [5.74, 6) is -0.319. The van der Waals surface area contributed by atoms with E-state index in [1.807, 2.05) is 6.07 Å². The molecule has 23 heavy (non-hydrogen) atoms. The molecule has 1 amide bonds. The summed E-state index contributed by atoms with van der Waals surface area (Å²) in [6.45, 7) is 0.371. The number of nitro groups is 1. The van der Waals surface area contributed by atoms with E-state index in [2.05, 4.69) is 15.2 Å². The van der Waals surface area contributed by atoms with E-state index in [-0.39, 0.29) is 17.3 Å². The lowest BCUT2D eigenvalue weighted by Gasteiger charge is -2.15. The van der Waals surface area contributed by atoms with E-state index in [0.717, 1.165) is 5.56 Å². The molecule has 0 aliphatic heterocycles. The van der Waals surface area contributed by atoms with Crippen LogP contribution in [0.15, 0.2) is 42.7 Å². The van der Waals surface area contributed by atoms with Gasteiger partial charge in [0.2, 0.25) is 0 Å². The fourth-order valence-corrected chi connectivity index (χ4v) is 2.30. The Morgan fingerprint density at radius 1 is 1.39 bits per heavy atom. The minimum Gasteiger partial charge on any atom is -0.336 e. The zero-order chi connectivity index (χ0) is 16.4. The van der Waals surface area contributed by atoms with Crippen LogP contribution in [0.5, 0.6) is 0 Å². The summed E-state index contributed by atoms with van der Waals surface area (Å²) in [6.07, 6.45) is 3.34. The number of nitrogens with one attached hydrogen (secondary N) is 1. The SMILES string of the molecule is CN(Cc1cccnc1)C(=O)c1n[nH]c2ccc([N+](=O)[O-])cc12. The molecule has 0 bridgehead atoms. The molecule has 0 unspecified atom stereocenters. The maximum absolute atomic E-state index is 12.6. The van der Waals surface area contributed by atoms with Gasteiger partial charge in [-0.15, -0.1) is 0 Å². The normalized spacial score (nSPS) is 10.7. The van der Waals surface area contributed by atoms with Crippen molar-refractivity contribution in [3.8, 4) is 0 Å². The number of carbonyl (C=O) groups is 1. The Kier molecular flexibility index (Phi) is 3.71. The highest BCUT2D eigenvalue weighted by Crippen LogP contribution is 2.23. The molecule has 2 aromatic heterocycles. The molecule has 8 heteroatoms. The Hall–Kier alpha value is -3.29. The Bertz CT molecular complexity index is 875. The number of pyridine rings is 1. The number of nitrogens with zero attached hydrogens (tertiary/aromatic N) is 4. The van der Waals surface area contributed by atoms with Gasteiger partial charge >= 0.3 is 0 Å². The quantitative estimate of drug-likeness (QED) is 0.587. The second kappa shape index (κ2) is 5.84. The molecule has 3 rings (SSSR count). The van der Waals surface area contributed by atoms with Crippen LogP contribution in [0, 0.1) is 10.1 Å². The smallest absolute Gasteiger partial charge is 0.275 e. The third-order valence-corrected chi connectivity index (χ3v) is 3.45. The highest BCUT2D eigenvalue weighted by molar-refractivity contribution is 6.05. The van der Waals surface area contributed by atoms with E-state index >= 15 is 0 Å². The van der Waals surface area contributed by atoms with E-state index in [1.54, 1.807) is 31.6 Å². The third kappa shape index (κ3) is 2.86. The molecule has 0 radical (unpaired) electrons. The number of aromatic nitrogens is 3. The van der Waals surface area contributed by atoms with Crippen molar-refractivity contribution in [2.75, 3.05) is 7.05 Å². The van der Waals surface area contributed by atoms with Gasteiger partial charge in [-0.1, -0.05) is 6.07 Å². The van der Waals surface area contributed by atoms with Gasteiger partial charge in [0.05, 0.1) is 10.4 Å². The number of benzene rings is 1. The number of hydrogen-bond acceptors (Lipinski definition) is 5. The molecule has 0 fully saturated rings. The van der Waals surface area contributed by atoms with E-state index in [1.165, 1.54) is 17.0 Å². The first-order valence-electron chi connectivity index (χ1n) is 6.83. The molecule has 0 saturated heterocycles. The summed E-state index contributed by atoms with van der Waals surface area (Å²) < 4.78 is 0. The Morgan fingerprint density at radius 2 is 2.22 bits per heavy atom. The molecule has 0 spiro atoms. The highest BCUT2D eigenvalue weighted by atomic mass is 16.6. The van der Waals surface area contributed by atoms with E-state index in [9.17, 15) is 14.9 Å². The summed E-state index contributed by atoms with van der Waals surface area (Å²) in [6, 6.07) is 7.92. The topological polar surface area (TPSA) is 105 Å². The molecule has 0 atom stereocenters. The van der Waals surface area contributed by atoms with Crippen LogP contribution in [-0.4, -0.2) is 38.0 Å². The lowest BCUT2D eigenvalue weighted by atomic mass is 10.1. The van der Waals surface area contributed by atoms with Crippen LogP contribution in [0.3, 0.4) is 0 Å². The van der Waals surface area contributed by atoms with Gasteiger partial charge in [0.15, 0.2) is 5.69 Å². The zero-order valence-electron chi connectivity index (χ0n) is 12.3. The summed E-state index contributed by atoms with van der Waals surface area (Å²) in [7, 11) is 1.65. The number of H-pyrrole nitrogens is 1. The first-order chi connectivity index (χ1) is 11.1. The molecule has 0 aliphatic carbocycles. The Labute approximate surface area is 130 Å². The third-order valence-electron chi connectivity index (χ3n) is 3.45. The van der Waals surface area contributed by atoms with Crippen molar-refractivity contribution in [3.63, 3.8) is 0 Å². The first kappa shape index (κ1) is 14.6. The predicted molar refractivity (Wildman–Crippen MR) is 82.8 cm³/mol. The van der Waals surface area contributed by atoms with E-state index < -0.39 is 4.92 Å². The molecular formula is C15H13N5O3. The molecule has 1 aromatic carbocycles. The largest absolute Gasteiger partial charge is 0.336 e. The Morgan fingerprint density at radius 3 is 2.91 bits per heavy atom. The predicted octanol–water partition coefficient (Wildman–Crippen LogP) is 2.14. The zero-order valence-corrected chi connectivity index (χ0v) is 12.3. The van der Waals surface area contributed by atoms with Crippen LogP contribution < -0.4 is 0 Å². The van der Waals surface area contributed by atoms with Gasteiger partial charge in [0.25, 0.3) is 11.6 Å². The first-order valence-corrected chi connectivity index (χ1v) is 6.83. The van der Waals surface area contributed by atoms with Gasteiger partial charge in [-0.25, -0.2) is 0 Å². The maximum atomic E-state index is 12.6. The number of fused-ring (bicyclic) bond motifs is 1. The van der Waals surface area contributed by atoms with Crippen molar-refractivity contribution in [1.29, 1.82) is 0 Å². The lowest BCUT2D eigenvalue weighted by Crippen LogP contribution is -2.26. The van der Waals surface area contributed by atoms with Gasteiger partial charge in [-0.2, -0.15) is 5.10 Å². The van der Waals surface area contributed by atoms with E-state index in [0.29, 0.717) is 17.4 Å². The minimum atomic E-state index is -0.500. The lowest BCUT2D eigenvalue weighted by molar-refractivity contribution is -0.384. The van der Waals surface area contributed by atoms with Crippen molar-refractivity contribution in [3.05, 3.63) is 64.1 Å². The second-order valence-corrected chi connectivity index (χ2v) is 5.08. The molecule has 2 heterocycles. The fourth-order valence-electron chi connectivity index (χ4n) is 2.30. The van der Waals surface area contributed by atoms with Crippen LogP contribution in [-0.2, 0) is 6.54 Å². The van der Waals surface area contributed by atoms with Crippen molar-refractivity contribution >= 4 is 22.5 Å². The van der Waals surface area contributed by atoms with Crippen LogP contribution in [0.25, 0.3) is 10.9 Å². The van der Waals surface area contributed by atoms with Crippen LogP contribution in [0.2, 0.25) is 0 Å². The molecule has 1 N–H and O–H groups in total. The van der Waals surface area contributed by atoms with Gasteiger partial charge < -0.3 is 4.90 Å². The van der Waals surface area contributed by atoms with Gasteiger partial charge in [0, 0.05) is 43.5 Å². The number of aromatic amines is 1.